The van der Waals surface area contributed by atoms with Crippen molar-refractivity contribution in [3.63, 3.8) is 0 Å². The van der Waals surface area contributed by atoms with Crippen LogP contribution in [0, 0.1) is 0 Å². The largest absolute Gasteiger partial charge is 0.452 e. The van der Waals surface area contributed by atoms with E-state index in [1.165, 1.54) is 25.4 Å². The van der Waals surface area contributed by atoms with Gasteiger partial charge >= 0.3 is 12.0 Å². The van der Waals surface area contributed by atoms with Crippen LogP contribution in [-0.4, -0.2) is 36.5 Å². The maximum Gasteiger partial charge on any atom is 0.344 e. The van der Waals surface area contributed by atoms with Crippen LogP contribution in [0.15, 0.2) is 23.1 Å². The van der Waals surface area contributed by atoms with Gasteiger partial charge in [-0.05, 0) is 12.1 Å². The van der Waals surface area contributed by atoms with Crippen molar-refractivity contribution in [2.24, 2.45) is 0 Å². The molecule has 0 spiro atoms. The van der Waals surface area contributed by atoms with Crippen molar-refractivity contribution < 1.29 is 19.1 Å². The monoisotopic (exact) mass is 253 g/mol. The number of nitrogens with one attached hydrogen (secondary N) is 3. The molecule has 1 heterocycles. The second-order valence-corrected chi connectivity index (χ2v) is 3.12. The van der Waals surface area contributed by atoms with Gasteiger partial charge in [0.05, 0.1) is 0 Å². The Hall–Kier alpha value is -2.64. The van der Waals surface area contributed by atoms with Crippen LogP contribution in [0.4, 0.5) is 4.79 Å². The van der Waals surface area contributed by atoms with Crippen molar-refractivity contribution in [1.29, 1.82) is 0 Å². The number of H-pyrrole nitrogens is 1. The number of hydrogen-bond donors (Lipinski definition) is 3. The molecule has 18 heavy (non-hydrogen) atoms. The van der Waals surface area contributed by atoms with E-state index in [-0.39, 0.29) is 5.56 Å². The molecule has 3 N–H and O–H groups in total. The van der Waals surface area contributed by atoms with Crippen LogP contribution < -0.4 is 16.2 Å². The first-order valence-electron chi connectivity index (χ1n) is 4.91. The van der Waals surface area contributed by atoms with Gasteiger partial charge in [-0.2, -0.15) is 0 Å². The van der Waals surface area contributed by atoms with E-state index in [2.05, 4.69) is 15.0 Å². The number of pyridine rings is 1. The zero-order valence-electron chi connectivity index (χ0n) is 9.48. The van der Waals surface area contributed by atoms with Crippen LogP contribution in [0.3, 0.4) is 0 Å². The Bertz CT molecular complexity index is 522. The Balaban J connectivity index is 2.52. The van der Waals surface area contributed by atoms with E-state index in [0.717, 1.165) is 0 Å². The van der Waals surface area contributed by atoms with Crippen LogP contribution in [-0.2, 0) is 9.53 Å². The highest BCUT2D eigenvalue weighted by molar-refractivity contribution is 5.96. The fourth-order valence-electron chi connectivity index (χ4n) is 1.02. The minimum absolute atomic E-state index is 0.217. The number of urea groups is 1. The first kappa shape index (κ1) is 13.4. The van der Waals surface area contributed by atoms with Gasteiger partial charge in [0.2, 0.25) is 0 Å². The summed E-state index contributed by atoms with van der Waals surface area (Å²) in [5.74, 6) is -1.74. The highest BCUT2D eigenvalue weighted by Crippen LogP contribution is 1.93. The quantitative estimate of drug-likeness (QED) is 0.596. The molecule has 0 aliphatic rings. The molecular formula is C10H11N3O5. The summed E-state index contributed by atoms with van der Waals surface area (Å²) in [6.45, 7) is -0.652. The lowest BCUT2D eigenvalue weighted by Crippen LogP contribution is -2.39. The van der Waals surface area contributed by atoms with Gasteiger partial charge in [0.25, 0.3) is 11.5 Å². The number of hydrogen-bond acceptors (Lipinski definition) is 5. The second-order valence-electron chi connectivity index (χ2n) is 3.12. The maximum atomic E-state index is 11.4. The number of carbonyl (C=O) groups is 3. The fourth-order valence-corrected chi connectivity index (χ4v) is 1.02. The van der Waals surface area contributed by atoms with Gasteiger partial charge in [0.1, 0.15) is 5.56 Å². The van der Waals surface area contributed by atoms with Gasteiger partial charge in [0, 0.05) is 13.2 Å². The molecule has 0 aliphatic heterocycles. The Kier molecular flexibility index (Phi) is 4.61. The van der Waals surface area contributed by atoms with Gasteiger partial charge < -0.3 is 15.0 Å². The third-order valence-electron chi connectivity index (χ3n) is 1.85. The molecule has 1 rings (SSSR count). The number of ether oxygens (including phenoxy) is 1. The molecule has 0 atom stereocenters. The number of esters is 1. The van der Waals surface area contributed by atoms with E-state index in [4.69, 9.17) is 0 Å². The molecule has 0 unspecified atom stereocenters. The molecule has 0 fully saturated rings. The number of amides is 3. The van der Waals surface area contributed by atoms with Crippen LogP contribution in [0.2, 0.25) is 0 Å². The predicted molar refractivity (Wildman–Crippen MR) is 59.9 cm³/mol. The highest BCUT2D eigenvalue weighted by atomic mass is 16.5. The summed E-state index contributed by atoms with van der Waals surface area (Å²) < 4.78 is 4.57. The topological polar surface area (TPSA) is 117 Å². The van der Waals surface area contributed by atoms with Gasteiger partial charge in [-0.15, -0.1) is 0 Å². The van der Waals surface area contributed by atoms with Crippen molar-refractivity contribution in [2.75, 3.05) is 13.7 Å². The average molecular weight is 253 g/mol. The second kappa shape index (κ2) is 6.18. The van der Waals surface area contributed by atoms with Crippen molar-refractivity contribution in [1.82, 2.24) is 15.6 Å². The Morgan fingerprint density at radius 2 is 2.11 bits per heavy atom. The first-order chi connectivity index (χ1) is 8.54. The molecule has 0 bridgehead atoms. The van der Waals surface area contributed by atoms with Crippen molar-refractivity contribution in [3.8, 4) is 0 Å². The van der Waals surface area contributed by atoms with Gasteiger partial charge in [0.15, 0.2) is 6.61 Å². The summed E-state index contributed by atoms with van der Waals surface area (Å²) in [7, 11) is 1.33. The third kappa shape index (κ3) is 3.74. The lowest BCUT2D eigenvalue weighted by atomic mass is 10.3. The lowest BCUT2D eigenvalue weighted by Gasteiger charge is -2.04. The molecule has 1 aromatic heterocycles. The molecular weight excluding hydrogens is 242 g/mol. The number of carbonyl (C=O) groups excluding carboxylic acids is 3. The van der Waals surface area contributed by atoms with E-state index in [1.807, 2.05) is 5.32 Å². The minimum atomic E-state index is -0.941. The number of aromatic amines is 1. The molecule has 0 aliphatic carbocycles. The lowest BCUT2D eigenvalue weighted by molar-refractivity contribution is -0.123. The van der Waals surface area contributed by atoms with Crippen LogP contribution in [0.5, 0.6) is 0 Å². The predicted octanol–water partition coefficient (Wildman–Crippen LogP) is -1.01. The molecule has 0 saturated heterocycles. The van der Waals surface area contributed by atoms with Crippen molar-refractivity contribution >= 4 is 17.9 Å². The molecule has 1 aromatic rings. The molecule has 0 saturated carbocycles. The molecule has 3 amide bonds. The molecule has 8 nitrogen and oxygen atoms in total. The summed E-state index contributed by atoms with van der Waals surface area (Å²) >= 11 is 0. The number of rotatable bonds is 3. The molecule has 8 heteroatoms. The van der Waals surface area contributed by atoms with Gasteiger partial charge in [-0.3, -0.25) is 14.9 Å². The first-order valence-corrected chi connectivity index (χ1v) is 4.91. The fraction of sp³-hybridized carbons (Fsp3) is 0.200. The molecule has 0 aromatic carbocycles. The maximum absolute atomic E-state index is 11.4. The van der Waals surface area contributed by atoms with E-state index < -0.39 is 30.1 Å². The van der Waals surface area contributed by atoms with Crippen LogP contribution >= 0.6 is 0 Å². The van der Waals surface area contributed by atoms with Crippen molar-refractivity contribution in [3.05, 3.63) is 34.2 Å². The summed E-state index contributed by atoms with van der Waals surface area (Å²) in [5.41, 5.74) is -0.834. The molecule has 0 radical (unpaired) electrons. The summed E-state index contributed by atoms with van der Waals surface area (Å²) in [4.78, 5) is 46.7. The van der Waals surface area contributed by atoms with Gasteiger partial charge in [-0.1, -0.05) is 0 Å². The van der Waals surface area contributed by atoms with Crippen LogP contribution in [0.1, 0.15) is 10.4 Å². The van der Waals surface area contributed by atoms with Crippen molar-refractivity contribution in [2.45, 2.75) is 0 Å². The summed E-state index contributed by atoms with van der Waals surface area (Å²) in [5, 5.41) is 4.06. The zero-order chi connectivity index (χ0) is 13.5. The Morgan fingerprint density at radius 3 is 2.72 bits per heavy atom. The van der Waals surface area contributed by atoms with E-state index in [0.29, 0.717) is 0 Å². The van der Waals surface area contributed by atoms with E-state index in [9.17, 15) is 19.2 Å². The smallest absolute Gasteiger partial charge is 0.344 e. The van der Waals surface area contributed by atoms with E-state index >= 15 is 0 Å². The van der Waals surface area contributed by atoms with Crippen LogP contribution in [0.25, 0.3) is 0 Å². The number of imide groups is 1. The van der Waals surface area contributed by atoms with E-state index in [1.54, 1.807) is 0 Å². The van der Waals surface area contributed by atoms with Gasteiger partial charge in [-0.25, -0.2) is 9.59 Å². The minimum Gasteiger partial charge on any atom is -0.452 e. The normalized spacial score (nSPS) is 9.39. The highest BCUT2D eigenvalue weighted by Gasteiger charge is 2.14. The zero-order valence-corrected chi connectivity index (χ0v) is 9.48. The standard InChI is InChI=1S/C10H11N3O5/c1-11-10(17)13-7(14)5-18-9(16)6-3-2-4-12-8(6)15/h2-4H,5H2,1H3,(H,12,15)(H2,11,13,14,17). The third-order valence-corrected chi connectivity index (χ3v) is 1.85. The Labute approximate surface area is 101 Å². The summed E-state index contributed by atoms with van der Waals surface area (Å²) in [6, 6.07) is 1.99. The number of aromatic nitrogens is 1. The molecule has 96 valence electrons. The summed E-state index contributed by atoms with van der Waals surface area (Å²) in [6.07, 6.45) is 1.36. The average Bonchev–Trinajstić information content (AvgIpc) is 2.36. The Morgan fingerprint density at radius 1 is 1.39 bits per heavy atom. The SMILES string of the molecule is CNC(=O)NC(=O)COC(=O)c1ccc[nH]c1=O.